The van der Waals surface area contributed by atoms with Crippen LogP contribution >= 0.6 is 11.3 Å². The Morgan fingerprint density at radius 2 is 1.37 bits per heavy atom. The summed E-state index contributed by atoms with van der Waals surface area (Å²) in [6.07, 6.45) is 0. The summed E-state index contributed by atoms with van der Waals surface area (Å²) < 4.78 is 27.1. The number of aliphatic hydroxyl groups is 1. The number of rotatable bonds is 17. The fraction of sp³-hybridized carbons (Fsp3) is 0.423. The second-order valence-electron chi connectivity index (χ2n) is 7.68. The van der Waals surface area contributed by atoms with Gasteiger partial charge in [-0.05, 0) is 35.4 Å². The van der Waals surface area contributed by atoms with Crippen LogP contribution in [0.1, 0.15) is 16.8 Å². The molecule has 190 valence electrons. The molecule has 9 heteroatoms. The third kappa shape index (κ3) is 9.46. The van der Waals surface area contributed by atoms with Crippen LogP contribution in [0.4, 0.5) is 5.13 Å². The summed E-state index contributed by atoms with van der Waals surface area (Å²) in [5, 5.41) is 11.6. The lowest BCUT2D eigenvalue weighted by molar-refractivity contribution is 0.00412. The van der Waals surface area contributed by atoms with E-state index < -0.39 is 0 Å². The number of nitrogens with zero attached hydrogens (tertiary/aromatic N) is 2. The van der Waals surface area contributed by atoms with E-state index in [0.29, 0.717) is 52.7 Å². The van der Waals surface area contributed by atoms with Crippen molar-refractivity contribution in [1.82, 2.24) is 4.98 Å². The van der Waals surface area contributed by atoms with Gasteiger partial charge in [0.1, 0.15) is 11.5 Å². The quantitative estimate of drug-likeness (QED) is 0.278. The van der Waals surface area contributed by atoms with Crippen LogP contribution < -0.4 is 14.4 Å². The first-order valence-electron chi connectivity index (χ1n) is 11.5. The Kier molecular flexibility index (Phi) is 11.8. The van der Waals surface area contributed by atoms with Crippen molar-refractivity contribution in [2.75, 3.05) is 58.8 Å². The number of aliphatic hydroxyl groups excluding tert-OH is 1. The monoisotopic (exact) mass is 502 g/mol. The molecule has 0 aliphatic rings. The molecule has 3 rings (SSSR count). The van der Waals surface area contributed by atoms with Crippen molar-refractivity contribution in [2.24, 2.45) is 0 Å². The summed E-state index contributed by atoms with van der Waals surface area (Å²) in [4.78, 5) is 7.07. The SMILES string of the molecule is COc1cccc(CN(Cc2cccc(OC)c2)c2nc(COCCOCCOCCO)cs2)c1. The van der Waals surface area contributed by atoms with Gasteiger partial charge in [-0.2, -0.15) is 0 Å². The van der Waals surface area contributed by atoms with E-state index in [-0.39, 0.29) is 6.61 Å². The fourth-order valence-electron chi connectivity index (χ4n) is 3.36. The van der Waals surface area contributed by atoms with E-state index in [9.17, 15) is 0 Å². The third-order valence-corrected chi connectivity index (χ3v) is 6.01. The summed E-state index contributed by atoms with van der Waals surface area (Å²) in [5.74, 6) is 1.67. The van der Waals surface area contributed by atoms with E-state index in [2.05, 4.69) is 17.0 Å². The summed E-state index contributed by atoms with van der Waals surface area (Å²) in [6, 6.07) is 16.2. The summed E-state index contributed by atoms with van der Waals surface area (Å²) in [5.41, 5.74) is 3.17. The maximum atomic E-state index is 8.67. The predicted molar refractivity (Wildman–Crippen MR) is 136 cm³/mol. The molecule has 0 amide bonds. The summed E-state index contributed by atoms with van der Waals surface area (Å²) in [6.45, 7) is 4.06. The van der Waals surface area contributed by atoms with Crippen molar-refractivity contribution in [3.05, 3.63) is 70.7 Å². The molecule has 1 heterocycles. The highest BCUT2D eigenvalue weighted by Crippen LogP contribution is 2.27. The van der Waals surface area contributed by atoms with Crippen LogP contribution in [0.25, 0.3) is 0 Å². The summed E-state index contributed by atoms with van der Waals surface area (Å²) in [7, 11) is 3.35. The molecule has 0 radical (unpaired) electrons. The van der Waals surface area contributed by atoms with Crippen molar-refractivity contribution < 1.29 is 28.8 Å². The molecule has 1 N–H and O–H groups in total. The van der Waals surface area contributed by atoms with Gasteiger partial charge in [0.15, 0.2) is 5.13 Å². The number of ether oxygens (including phenoxy) is 5. The minimum absolute atomic E-state index is 0.0231. The predicted octanol–water partition coefficient (Wildman–Crippen LogP) is 3.91. The van der Waals surface area contributed by atoms with E-state index in [1.807, 2.05) is 41.8 Å². The lowest BCUT2D eigenvalue weighted by Crippen LogP contribution is -2.22. The number of aromatic nitrogens is 1. The van der Waals surface area contributed by atoms with Crippen LogP contribution in [0.3, 0.4) is 0 Å². The Bertz CT molecular complexity index is 950. The van der Waals surface area contributed by atoms with Gasteiger partial charge in [-0.15, -0.1) is 11.3 Å². The van der Waals surface area contributed by atoms with Gasteiger partial charge in [0, 0.05) is 18.5 Å². The molecule has 2 aromatic carbocycles. The average molecular weight is 503 g/mol. The van der Waals surface area contributed by atoms with Gasteiger partial charge in [0.05, 0.1) is 66.2 Å². The Hall–Kier alpha value is -2.69. The first-order chi connectivity index (χ1) is 17.2. The van der Waals surface area contributed by atoms with Crippen molar-refractivity contribution >= 4 is 16.5 Å². The molecule has 0 fully saturated rings. The zero-order valence-electron chi connectivity index (χ0n) is 20.4. The van der Waals surface area contributed by atoms with Crippen molar-refractivity contribution in [3.8, 4) is 11.5 Å². The highest BCUT2D eigenvalue weighted by molar-refractivity contribution is 7.13. The van der Waals surface area contributed by atoms with Crippen molar-refractivity contribution in [3.63, 3.8) is 0 Å². The highest BCUT2D eigenvalue weighted by Gasteiger charge is 2.14. The van der Waals surface area contributed by atoms with Crippen LogP contribution in [0.5, 0.6) is 11.5 Å². The molecule has 0 saturated heterocycles. The average Bonchev–Trinajstić information content (AvgIpc) is 3.36. The lowest BCUT2D eigenvalue weighted by atomic mass is 10.1. The number of hydrogen-bond acceptors (Lipinski definition) is 9. The van der Waals surface area contributed by atoms with E-state index in [0.717, 1.165) is 33.5 Å². The van der Waals surface area contributed by atoms with Crippen LogP contribution in [-0.4, -0.2) is 64.0 Å². The van der Waals surface area contributed by atoms with E-state index in [4.69, 9.17) is 33.8 Å². The Labute approximate surface area is 211 Å². The molecule has 0 aliphatic heterocycles. The smallest absolute Gasteiger partial charge is 0.186 e. The van der Waals surface area contributed by atoms with Crippen LogP contribution in [-0.2, 0) is 33.9 Å². The van der Waals surface area contributed by atoms with E-state index in [1.165, 1.54) is 0 Å². The zero-order chi connectivity index (χ0) is 24.7. The molecule has 0 saturated carbocycles. The normalized spacial score (nSPS) is 10.9. The Morgan fingerprint density at radius 1 is 0.800 bits per heavy atom. The first-order valence-corrected chi connectivity index (χ1v) is 12.4. The van der Waals surface area contributed by atoms with E-state index >= 15 is 0 Å². The number of benzene rings is 2. The molecule has 0 bridgehead atoms. The number of methoxy groups -OCH3 is 2. The largest absolute Gasteiger partial charge is 0.497 e. The molecule has 0 aliphatic carbocycles. The molecular weight excluding hydrogens is 468 g/mol. The number of anilines is 1. The van der Waals surface area contributed by atoms with Crippen LogP contribution in [0, 0.1) is 0 Å². The molecule has 8 nitrogen and oxygen atoms in total. The third-order valence-electron chi connectivity index (χ3n) is 5.05. The second kappa shape index (κ2) is 15.3. The van der Waals surface area contributed by atoms with Gasteiger partial charge >= 0.3 is 0 Å². The molecular formula is C26H34N2O6S. The molecule has 35 heavy (non-hydrogen) atoms. The molecule has 0 unspecified atom stereocenters. The molecule has 0 spiro atoms. The Morgan fingerprint density at radius 3 is 1.94 bits per heavy atom. The zero-order valence-corrected chi connectivity index (χ0v) is 21.2. The minimum atomic E-state index is 0.0231. The van der Waals surface area contributed by atoms with Gasteiger partial charge < -0.3 is 33.7 Å². The number of hydrogen-bond donors (Lipinski definition) is 1. The van der Waals surface area contributed by atoms with Gasteiger partial charge in [-0.25, -0.2) is 4.98 Å². The molecule has 1 aromatic heterocycles. The fourth-order valence-corrected chi connectivity index (χ4v) is 4.17. The standard InChI is InChI=1S/C26H34N2O6S/c1-30-24-7-3-5-21(15-24)17-28(18-22-6-4-8-25(16-22)31-2)26-27-23(20-35-26)19-34-14-13-33-12-11-32-10-9-29/h3-8,15-16,20,29H,9-14,17-19H2,1-2H3. The van der Waals surface area contributed by atoms with Gasteiger partial charge in [0.25, 0.3) is 0 Å². The highest BCUT2D eigenvalue weighted by atomic mass is 32.1. The maximum absolute atomic E-state index is 8.67. The first kappa shape index (κ1) is 26.9. The Balaban J connectivity index is 1.58. The van der Waals surface area contributed by atoms with E-state index in [1.54, 1.807) is 25.6 Å². The van der Waals surface area contributed by atoms with Crippen LogP contribution in [0.15, 0.2) is 53.9 Å². The second-order valence-corrected chi connectivity index (χ2v) is 8.52. The number of thiazole rings is 1. The topological polar surface area (TPSA) is 82.5 Å². The maximum Gasteiger partial charge on any atom is 0.186 e. The lowest BCUT2D eigenvalue weighted by Gasteiger charge is -2.22. The van der Waals surface area contributed by atoms with Gasteiger partial charge in [-0.1, -0.05) is 24.3 Å². The minimum Gasteiger partial charge on any atom is -0.497 e. The molecule has 0 atom stereocenters. The van der Waals surface area contributed by atoms with Crippen molar-refractivity contribution in [2.45, 2.75) is 19.7 Å². The molecule has 3 aromatic rings. The van der Waals surface area contributed by atoms with Crippen molar-refractivity contribution in [1.29, 1.82) is 0 Å². The van der Waals surface area contributed by atoms with Gasteiger partial charge in [-0.3, -0.25) is 0 Å². The summed E-state index contributed by atoms with van der Waals surface area (Å²) >= 11 is 1.60. The van der Waals surface area contributed by atoms with Crippen LogP contribution in [0.2, 0.25) is 0 Å². The van der Waals surface area contributed by atoms with Gasteiger partial charge in [0.2, 0.25) is 0 Å².